The Bertz CT molecular complexity index is 1380. The first-order valence-corrected chi connectivity index (χ1v) is 10.5. The third kappa shape index (κ3) is 2.85. The van der Waals surface area contributed by atoms with Crippen molar-refractivity contribution in [3.63, 3.8) is 0 Å². The van der Waals surface area contributed by atoms with E-state index in [9.17, 15) is 4.79 Å². The number of aryl methyl sites for hydroxylation is 1. The highest BCUT2D eigenvalue weighted by molar-refractivity contribution is 7.18. The first-order valence-electron chi connectivity index (χ1n) is 9.71. The standard InChI is InChI=1S/C20H16N8O2S/c1-10-11(8-23-25-10)17-26-27-18(30-17)20(29)28-7-6-13-15(22-9-21-13)16(28)19-24-12-4-2-3-5-14(12)31-19/h2-5,8-9,16H,6-7H2,1H3,(H,21,22)(H,23,25)/t16-/m0/s1. The molecule has 0 saturated heterocycles. The molecule has 1 amide bonds. The fourth-order valence-corrected chi connectivity index (χ4v) is 4.94. The highest BCUT2D eigenvalue weighted by atomic mass is 32.1. The van der Waals surface area contributed by atoms with E-state index in [1.54, 1.807) is 28.8 Å². The Morgan fingerprint density at radius 3 is 3.03 bits per heavy atom. The highest BCUT2D eigenvalue weighted by Gasteiger charge is 2.38. The van der Waals surface area contributed by atoms with E-state index in [2.05, 4.69) is 30.4 Å². The molecule has 1 aromatic carbocycles. The van der Waals surface area contributed by atoms with E-state index in [1.165, 1.54) is 0 Å². The monoisotopic (exact) mass is 432 g/mol. The molecule has 0 spiro atoms. The minimum Gasteiger partial charge on any atom is -0.412 e. The SMILES string of the molecule is Cc1[nH]ncc1-c1nnc(C(=O)N2CCc3[nH]cnc3[C@H]2c2nc3ccccc3s2)o1. The molecule has 0 fully saturated rings. The van der Waals surface area contributed by atoms with Gasteiger partial charge in [0.25, 0.3) is 5.89 Å². The number of benzene rings is 1. The van der Waals surface area contributed by atoms with Crippen LogP contribution in [0.25, 0.3) is 21.7 Å². The Labute approximate surface area is 179 Å². The van der Waals surface area contributed by atoms with Gasteiger partial charge in [-0.3, -0.25) is 9.89 Å². The number of para-hydroxylation sites is 1. The molecule has 11 heteroatoms. The summed E-state index contributed by atoms with van der Waals surface area (Å²) in [6.07, 6.45) is 3.91. The molecule has 154 valence electrons. The number of rotatable bonds is 3. The van der Waals surface area contributed by atoms with Gasteiger partial charge in [0.05, 0.1) is 34.0 Å². The zero-order valence-corrected chi connectivity index (χ0v) is 17.2. The molecule has 1 atom stereocenters. The Morgan fingerprint density at radius 2 is 2.19 bits per heavy atom. The summed E-state index contributed by atoms with van der Waals surface area (Å²) >= 11 is 1.55. The van der Waals surface area contributed by atoms with Crippen LogP contribution in [0, 0.1) is 6.92 Å². The Hall–Kier alpha value is -3.86. The zero-order valence-electron chi connectivity index (χ0n) is 16.4. The van der Waals surface area contributed by atoms with Gasteiger partial charge in [-0.05, 0) is 19.1 Å². The molecule has 5 aromatic rings. The molecule has 31 heavy (non-hydrogen) atoms. The minimum atomic E-state index is -0.425. The second kappa shape index (κ2) is 6.84. The van der Waals surface area contributed by atoms with Crippen LogP contribution in [0.3, 0.4) is 0 Å². The van der Waals surface area contributed by atoms with Gasteiger partial charge >= 0.3 is 11.8 Å². The quantitative estimate of drug-likeness (QED) is 0.448. The summed E-state index contributed by atoms with van der Waals surface area (Å²) in [5.74, 6) is -0.165. The molecule has 0 saturated carbocycles. The number of hydrogen-bond acceptors (Lipinski definition) is 8. The normalized spacial score (nSPS) is 16.0. The van der Waals surface area contributed by atoms with Crippen molar-refractivity contribution in [3.05, 3.63) is 64.8 Å². The van der Waals surface area contributed by atoms with Gasteiger partial charge in [0.2, 0.25) is 0 Å². The molecule has 0 radical (unpaired) electrons. The van der Waals surface area contributed by atoms with Crippen molar-refractivity contribution < 1.29 is 9.21 Å². The Balaban J connectivity index is 1.41. The van der Waals surface area contributed by atoms with Crippen LogP contribution in [0.1, 0.15) is 38.8 Å². The summed E-state index contributed by atoms with van der Waals surface area (Å²) < 4.78 is 6.78. The number of fused-ring (bicyclic) bond motifs is 2. The second-order valence-electron chi connectivity index (χ2n) is 7.26. The van der Waals surface area contributed by atoms with E-state index >= 15 is 0 Å². The molecular weight excluding hydrogens is 416 g/mol. The minimum absolute atomic E-state index is 0.0688. The predicted octanol–water partition coefficient (Wildman–Crippen LogP) is 2.89. The van der Waals surface area contributed by atoms with Crippen LogP contribution in [0.4, 0.5) is 0 Å². The fraction of sp³-hybridized carbons (Fsp3) is 0.200. The average molecular weight is 432 g/mol. The number of carbonyl (C=O) groups is 1. The van der Waals surface area contributed by atoms with Crippen molar-refractivity contribution in [2.24, 2.45) is 0 Å². The maximum atomic E-state index is 13.4. The summed E-state index contributed by atoms with van der Waals surface area (Å²) in [4.78, 5) is 27.6. The number of aromatic nitrogens is 7. The van der Waals surface area contributed by atoms with E-state index in [-0.39, 0.29) is 17.7 Å². The molecule has 0 aliphatic carbocycles. The molecule has 1 aliphatic rings. The first kappa shape index (κ1) is 18.0. The van der Waals surface area contributed by atoms with E-state index in [4.69, 9.17) is 9.40 Å². The van der Waals surface area contributed by atoms with Gasteiger partial charge in [-0.25, -0.2) is 9.97 Å². The van der Waals surface area contributed by atoms with Crippen molar-refractivity contribution in [2.75, 3.05) is 6.54 Å². The maximum absolute atomic E-state index is 13.4. The Morgan fingerprint density at radius 1 is 1.29 bits per heavy atom. The first-order chi connectivity index (χ1) is 15.2. The van der Waals surface area contributed by atoms with Gasteiger partial charge in [0, 0.05) is 24.4 Å². The van der Waals surface area contributed by atoms with Crippen LogP contribution < -0.4 is 0 Å². The smallest absolute Gasteiger partial charge is 0.312 e. The van der Waals surface area contributed by atoms with Gasteiger partial charge in [0.15, 0.2) is 0 Å². The summed E-state index contributed by atoms with van der Waals surface area (Å²) in [7, 11) is 0. The molecule has 0 unspecified atom stereocenters. The van der Waals surface area contributed by atoms with Crippen LogP contribution in [0.5, 0.6) is 0 Å². The molecule has 10 nitrogen and oxygen atoms in total. The van der Waals surface area contributed by atoms with Crippen molar-refractivity contribution in [2.45, 2.75) is 19.4 Å². The van der Waals surface area contributed by atoms with Gasteiger partial charge in [-0.1, -0.05) is 12.1 Å². The molecular formula is C20H16N8O2S. The van der Waals surface area contributed by atoms with Crippen molar-refractivity contribution in [1.29, 1.82) is 0 Å². The summed E-state index contributed by atoms with van der Waals surface area (Å²) in [6.45, 7) is 2.33. The number of H-pyrrole nitrogens is 2. The number of nitrogens with one attached hydrogen (secondary N) is 2. The predicted molar refractivity (Wildman–Crippen MR) is 111 cm³/mol. The number of amides is 1. The summed E-state index contributed by atoms with van der Waals surface area (Å²) in [6, 6.07) is 7.49. The third-order valence-corrected chi connectivity index (χ3v) is 6.49. The number of thiazole rings is 1. The topological polar surface area (TPSA) is 129 Å². The van der Waals surface area contributed by atoms with E-state index in [0.717, 1.165) is 32.3 Å². The van der Waals surface area contributed by atoms with Crippen molar-refractivity contribution >= 4 is 27.5 Å². The van der Waals surface area contributed by atoms with E-state index in [0.29, 0.717) is 18.5 Å². The van der Waals surface area contributed by atoms with Crippen LogP contribution in [-0.2, 0) is 6.42 Å². The highest BCUT2D eigenvalue weighted by Crippen LogP contribution is 2.38. The third-order valence-electron chi connectivity index (χ3n) is 5.40. The number of imidazole rings is 1. The molecule has 0 bridgehead atoms. The van der Waals surface area contributed by atoms with Crippen LogP contribution in [0.15, 0.2) is 41.2 Å². The average Bonchev–Trinajstić information content (AvgIpc) is 3.57. The van der Waals surface area contributed by atoms with Gasteiger partial charge in [0.1, 0.15) is 11.0 Å². The zero-order chi connectivity index (χ0) is 20.9. The number of carbonyl (C=O) groups excluding carboxylic acids is 1. The lowest BCUT2D eigenvalue weighted by atomic mass is 10.0. The largest absolute Gasteiger partial charge is 0.412 e. The molecule has 5 heterocycles. The Kier molecular flexibility index (Phi) is 3.96. The molecule has 4 aromatic heterocycles. The lowest BCUT2D eigenvalue weighted by molar-refractivity contribution is 0.0650. The summed E-state index contributed by atoms with van der Waals surface area (Å²) in [5.41, 5.74) is 4.15. The van der Waals surface area contributed by atoms with Crippen molar-refractivity contribution in [3.8, 4) is 11.5 Å². The summed E-state index contributed by atoms with van der Waals surface area (Å²) in [5, 5.41) is 15.6. The van der Waals surface area contributed by atoms with Gasteiger partial charge in [-0.15, -0.1) is 21.5 Å². The maximum Gasteiger partial charge on any atom is 0.312 e. The van der Waals surface area contributed by atoms with Crippen LogP contribution >= 0.6 is 11.3 Å². The van der Waals surface area contributed by atoms with E-state index in [1.807, 2.05) is 31.2 Å². The molecule has 6 rings (SSSR count). The molecule has 1 aliphatic heterocycles. The molecule has 2 N–H and O–H groups in total. The lowest BCUT2D eigenvalue weighted by Gasteiger charge is -2.32. The number of aromatic amines is 2. The number of nitrogens with zero attached hydrogens (tertiary/aromatic N) is 6. The van der Waals surface area contributed by atoms with Crippen LogP contribution in [-0.4, -0.2) is 52.7 Å². The van der Waals surface area contributed by atoms with E-state index < -0.39 is 6.04 Å². The lowest BCUT2D eigenvalue weighted by Crippen LogP contribution is -2.40. The van der Waals surface area contributed by atoms with Crippen molar-refractivity contribution in [1.82, 2.24) is 40.2 Å². The second-order valence-corrected chi connectivity index (χ2v) is 8.32. The van der Waals surface area contributed by atoms with Gasteiger partial charge < -0.3 is 14.3 Å². The number of hydrogen-bond donors (Lipinski definition) is 2. The van der Waals surface area contributed by atoms with Crippen LogP contribution in [0.2, 0.25) is 0 Å². The fourth-order valence-electron chi connectivity index (χ4n) is 3.86. The van der Waals surface area contributed by atoms with Gasteiger partial charge in [-0.2, -0.15) is 5.10 Å².